The molecule has 16 heavy (non-hydrogen) atoms. The summed E-state index contributed by atoms with van der Waals surface area (Å²) in [5.41, 5.74) is 0.0414. The summed E-state index contributed by atoms with van der Waals surface area (Å²) in [5.74, 6) is 1.49. The lowest BCUT2D eigenvalue weighted by atomic mass is 9.97. The quantitative estimate of drug-likeness (QED) is 0.772. The van der Waals surface area contributed by atoms with Crippen LogP contribution in [0.25, 0.3) is 0 Å². The highest BCUT2D eigenvalue weighted by molar-refractivity contribution is 5.05. The minimum Gasteiger partial charge on any atom is -0.377 e. The van der Waals surface area contributed by atoms with Crippen LogP contribution >= 0.6 is 0 Å². The number of rotatable bonds is 2. The molecule has 1 aliphatic heterocycles. The summed E-state index contributed by atoms with van der Waals surface area (Å²) in [6, 6.07) is 0. The van der Waals surface area contributed by atoms with E-state index in [1.54, 1.807) is 0 Å². The molecule has 1 aromatic rings. The van der Waals surface area contributed by atoms with Gasteiger partial charge >= 0.3 is 0 Å². The summed E-state index contributed by atoms with van der Waals surface area (Å²) in [6.45, 7) is 9.55. The van der Waals surface area contributed by atoms with Gasteiger partial charge in [-0.2, -0.15) is 0 Å². The van der Waals surface area contributed by atoms with Gasteiger partial charge in [0.2, 0.25) is 0 Å². The van der Waals surface area contributed by atoms with Gasteiger partial charge in [0.15, 0.2) is 0 Å². The van der Waals surface area contributed by atoms with Gasteiger partial charge in [0.25, 0.3) is 0 Å². The Bertz CT molecular complexity index is 353. The fraction of sp³-hybridized carbons (Fsp3) is 0.833. The van der Waals surface area contributed by atoms with Gasteiger partial charge in [-0.1, -0.05) is 6.92 Å². The highest BCUT2D eigenvalue weighted by Crippen LogP contribution is 2.33. The molecule has 4 heteroatoms. The molecule has 2 unspecified atom stereocenters. The molecule has 1 saturated heterocycles. The molecular weight excluding hydrogens is 202 g/mol. The number of hydrogen-bond acceptors (Lipinski definition) is 3. The van der Waals surface area contributed by atoms with E-state index >= 15 is 0 Å². The number of ether oxygens (including phenoxy) is 1. The molecule has 0 aliphatic carbocycles. The molecule has 0 radical (unpaired) electrons. The van der Waals surface area contributed by atoms with Crippen LogP contribution in [0, 0.1) is 0 Å². The van der Waals surface area contributed by atoms with Crippen molar-refractivity contribution in [3.8, 4) is 0 Å². The van der Waals surface area contributed by atoms with Crippen LogP contribution < -0.4 is 0 Å². The molecule has 0 amide bonds. The predicted octanol–water partition coefficient (Wildman–Crippen LogP) is 2.32. The highest BCUT2D eigenvalue weighted by atomic mass is 16.5. The lowest BCUT2D eigenvalue weighted by Crippen LogP contribution is -2.27. The summed E-state index contributed by atoms with van der Waals surface area (Å²) >= 11 is 0. The van der Waals surface area contributed by atoms with Crippen LogP contribution in [0.5, 0.6) is 0 Å². The largest absolute Gasteiger partial charge is 0.377 e. The third-order valence-corrected chi connectivity index (χ3v) is 3.24. The summed E-state index contributed by atoms with van der Waals surface area (Å²) in [6.07, 6.45) is 4.25. The Balaban J connectivity index is 2.30. The van der Waals surface area contributed by atoms with Crippen LogP contribution in [-0.4, -0.2) is 27.5 Å². The lowest BCUT2D eigenvalue weighted by Gasteiger charge is -2.25. The number of hydrogen-bond donors (Lipinski definition) is 0. The van der Waals surface area contributed by atoms with E-state index in [0.717, 1.165) is 25.3 Å². The van der Waals surface area contributed by atoms with Crippen molar-refractivity contribution in [3.63, 3.8) is 0 Å². The second-order valence-electron chi connectivity index (χ2n) is 5.44. The maximum atomic E-state index is 5.73. The van der Waals surface area contributed by atoms with Crippen molar-refractivity contribution in [3.05, 3.63) is 12.2 Å². The third kappa shape index (κ3) is 1.98. The van der Waals surface area contributed by atoms with Gasteiger partial charge in [0, 0.05) is 18.1 Å². The molecule has 0 N–H and O–H groups in total. The number of nitrogens with zero attached hydrogens (tertiary/aromatic N) is 3. The van der Waals surface area contributed by atoms with E-state index < -0.39 is 0 Å². The van der Waals surface area contributed by atoms with Crippen molar-refractivity contribution >= 4 is 0 Å². The molecule has 0 aromatic carbocycles. The molecule has 2 rings (SSSR count). The molecular formula is C12H21N3O. The molecule has 1 fully saturated rings. The first kappa shape index (κ1) is 11.6. The first-order chi connectivity index (χ1) is 7.54. The zero-order chi connectivity index (χ0) is 11.8. The topological polar surface area (TPSA) is 39.9 Å². The second kappa shape index (κ2) is 4.17. The molecule has 0 saturated carbocycles. The second-order valence-corrected chi connectivity index (χ2v) is 5.44. The van der Waals surface area contributed by atoms with Crippen molar-refractivity contribution in [1.29, 1.82) is 0 Å². The Morgan fingerprint density at radius 3 is 2.88 bits per heavy atom. The Morgan fingerprint density at radius 2 is 2.25 bits per heavy atom. The molecule has 0 bridgehead atoms. The summed E-state index contributed by atoms with van der Waals surface area (Å²) in [5, 5.41) is 8.36. The summed E-state index contributed by atoms with van der Waals surface area (Å²) in [4.78, 5) is 0. The van der Waals surface area contributed by atoms with Gasteiger partial charge < -0.3 is 9.30 Å². The molecule has 2 atom stereocenters. The zero-order valence-corrected chi connectivity index (χ0v) is 10.6. The average molecular weight is 223 g/mol. The third-order valence-electron chi connectivity index (χ3n) is 3.24. The van der Waals surface area contributed by atoms with Crippen molar-refractivity contribution in [1.82, 2.24) is 14.8 Å². The normalized spacial score (nSPS) is 26.2. The summed E-state index contributed by atoms with van der Waals surface area (Å²) < 4.78 is 7.90. The van der Waals surface area contributed by atoms with Gasteiger partial charge in [-0.05, 0) is 33.6 Å². The van der Waals surface area contributed by atoms with Gasteiger partial charge in [0.1, 0.15) is 12.2 Å². The average Bonchev–Trinajstić information content (AvgIpc) is 2.84. The predicted molar refractivity (Wildman–Crippen MR) is 62.4 cm³/mol. The van der Waals surface area contributed by atoms with E-state index in [-0.39, 0.29) is 5.54 Å². The fourth-order valence-electron chi connectivity index (χ4n) is 2.36. The van der Waals surface area contributed by atoms with E-state index in [0.29, 0.717) is 12.0 Å². The first-order valence-corrected chi connectivity index (χ1v) is 6.06. The highest BCUT2D eigenvalue weighted by Gasteiger charge is 2.33. The molecule has 4 nitrogen and oxygen atoms in total. The van der Waals surface area contributed by atoms with E-state index in [1.165, 1.54) is 0 Å². The first-order valence-electron chi connectivity index (χ1n) is 6.06. The SMILES string of the molecule is CCC1OCCC1c1nncn1C(C)(C)C. The van der Waals surface area contributed by atoms with Gasteiger partial charge in [-0.3, -0.25) is 0 Å². The maximum Gasteiger partial charge on any atom is 0.139 e. The summed E-state index contributed by atoms with van der Waals surface area (Å²) in [7, 11) is 0. The van der Waals surface area contributed by atoms with Gasteiger partial charge in [0.05, 0.1) is 6.10 Å². The molecule has 1 aliphatic rings. The van der Waals surface area contributed by atoms with Crippen molar-refractivity contribution in [2.24, 2.45) is 0 Å². The van der Waals surface area contributed by atoms with Crippen LogP contribution in [0.15, 0.2) is 6.33 Å². The zero-order valence-electron chi connectivity index (χ0n) is 10.6. The minimum atomic E-state index is 0.0414. The van der Waals surface area contributed by atoms with E-state index in [9.17, 15) is 0 Å². The Morgan fingerprint density at radius 1 is 1.50 bits per heavy atom. The monoisotopic (exact) mass is 223 g/mol. The Labute approximate surface area is 97.0 Å². The molecule has 2 heterocycles. The van der Waals surface area contributed by atoms with E-state index in [2.05, 4.69) is 42.5 Å². The van der Waals surface area contributed by atoms with E-state index in [4.69, 9.17) is 4.74 Å². The van der Waals surface area contributed by atoms with Crippen LogP contribution in [0.4, 0.5) is 0 Å². The van der Waals surface area contributed by atoms with Crippen LogP contribution in [0.3, 0.4) is 0 Å². The molecule has 90 valence electrons. The van der Waals surface area contributed by atoms with Crippen molar-refractivity contribution < 1.29 is 4.74 Å². The Kier molecular flexibility index (Phi) is 3.02. The van der Waals surface area contributed by atoms with Crippen LogP contribution in [0.1, 0.15) is 52.3 Å². The molecule has 1 aromatic heterocycles. The molecule has 0 spiro atoms. The fourth-order valence-corrected chi connectivity index (χ4v) is 2.36. The Hall–Kier alpha value is -0.900. The lowest BCUT2D eigenvalue weighted by molar-refractivity contribution is 0.0981. The van der Waals surface area contributed by atoms with Crippen molar-refractivity contribution in [2.75, 3.05) is 6.61 Å². The van der Waals surface area contributed by atoms with Crippen LogP contribution in [-0.2, 0) is 10.3 Å². The standard InChI is InChI=1S/C12H21N3O/c1-5-10-9(6-7-16-10)11-14-13-8-15(11)12(2,3)4/h8-10H,5-7H2,1-4H3. The smallest absolute Gasteiger partial charge is 0.139 e. The van der Waals surface area contributed by atoms with Gasteiger partial charge in [-0.15, -0.1) is 10.2 Å². The van der Waals surface area contributed by atoms with E-state index in [1.807, 2.05) is 6.33 Å². The van der Waals surface area contributed by atoms with Crippen LogP contribution in [0.2, 0.25) is 0 Å². The number of aromatic nitrogens is 3. The maximum absolute atomic E-state index is 5.73. The van der Waals surface area contributed by atoms with Crippen molar-refractivity contribution in [2.45, 2.75) is 58.1 Å². The minimum absolute atomic E-state index is 0.0414. The van der Waals surface area contributed by atoms with Gasteiger partial charge in [-0.25, -0.2) is 0 Å².